The summed E-state index contributed by atoms with van der Waals surface area (Å²) in [6.07, 6.45) is 8.57. The first-order valence-electron chi connectivity index (χ1n) is 13.1. The van der Waals surface area contributed by atoms with E-state index >= 15 is 0 Å². The monoisotopic (exact) mass is 450 g/mol. The van der Waals surface area contributed by atoms with E-state index in [2.05, 4.69) is 49.4 Å². The molecule has 2 saturated heterocycles. The van der Waals surface area contributed by atoms with Crippen LogP contribution < -0.4 is 4.90 Å². The van der Waals surface area contributed by atoms with Crippen molar-refractivity contribution in [3.63, 3.8) is 0 Å². The van der Waals surface area contributed by atoms with E-state index in [0.717, 1.165) is 88.3 Å². The number of likely N-dealkylation sites (N-methyl/N-ethyl adjacent to an activating group) is 1. The van der Waals surface area contributed by atoms with Crippen molar-refractivity contribution in [3.8, 4) is 0 Å². The average molecular weight is 451 g/mol. The Kier molecular flexibility index (Phi) is 7.70. The maximum absolute atomic E-state index is 14.3. The van der Waals surface area contributed by atoms with Gasteiger partial charge in [-0.05, 0) is 44.4 Å². The molecule has 5 nitrogen and oxygen atoms in total. The summed E-state index contributed by atoms with van der Waals surface area (Å²) in [5.74, 6) is 1.77. The second-order valence-electron chi connectivity index (χ2n) is 10.4. The Hall–Kier alpha value is -1.98. The highest BCUT2D eigenvalue weighted by molar-refractivity contribution is 6.27. The Labute approximate surface area is 200 Å². The number of hydrogen-bond acceptors (Lipinski definition) is 4. The van der Waals surface area contributed by atoms with E-state index in [-0.39, 0.29) is 17.4 Å². The standard InChI is InChI=1S/C28H42N4O/c1-5-23(6-2)21-22(3)29-26-25(31-19-17-30(4)18-20-31)28(15-11-8-12-16-28)27(33)32(26)24-13-9-7-10-14-24/h7,9-10,13-14,23,25H,3,5-6,8,11-12,15-21H2,1-2,4H3. The first-order valence-corrected chi connectivity index (χ1v) is 13.1. The van der Waals surface area contributed by atoms with Gasteiger partial charge >= 0.3 is 0 Å². The Morgan fingerprint density at radius 2 is 1.70 bits per heavy atom. The number of rotatable bonds is 7. The molecule has 0 radical (unpaired) electrons. The molecule has 4 rings (SSSR count). The van der Waals surface area contributed by atoms with E-state index in [1.54, 1.807) is 0 Å². The molecule has 2 aliphatic heterocycles. The lowest BCUT2D eigenvalue weighted by Crippen LogP contribution is -2.57. The molecule has 1 aliphatic carbocycles. The quantitative estimate of drug-likeness (QED) is 0.563. The fraction of sp³-hybridized carbons (Fsp3) is 0.643. The molecule has 5 heteroatoms. The number of carbonyl (C=O) groups excluding carboxylic acids is 1. The SMILES string of the molecule is C=C(CC(CC)CC)N=C1C(N2CCN(C)CC2)C2(CCCCC2)C(=O)N1c1ccccc1. The summed E-state index contributed by atoms with van der Waals surface area (Å²) in [5, 5.41) is 0. The Bertz CT molecular complexity index is 846. The number of aliphatic imine (C=N–C) groups is 1. The summed E-state index contributed by atoms with van der Waals surface area (Å²) in [5.41, 5.74) is 1.50. The van der Waals surface area contributed by atoms with Gasteiger partial charge in [-0.2, -0.15) is 0 Å². The molecule has 2 heterocycles. The van der Waals surface area contributed by atoms with Crippen LogP contribution in [0, 0.1) is 11.3 Å². The minimum Gasteiger partial charge on any atom is -0.304 e. The van der Waals surface area contributed by atoms with Crippen molar-refractivity contribution in [2.75, 3.05) is 38.1 Å². The largest absolute Gasteiger partial charge is 0.304 e. The van der Waals surface area contributed by atoms with Crippen LogP contribution in [0.3, 0.4) is 0 Å². The highest BCUT2D eigenvalue weighted by Gasteiger charge is 2.60. The number of carbonyl (C=O) groups is 1. The second kappa shape index (κ2) is 10.5. The van der Waals surface area contributed by atoms with Gasteiger partial charge in [0.1, 0.15) is 5.84 Å². The van der Waals surface area contributed by atoms with Crippen LogP contribution in [0.2, 0.25) is 0 Å². The normalized spacial score (nSPS) is 25.5. The molecule has 1 spiro atoms. The smallest absolute Gasteiger partial charge is 0.240 e. The molecule has 0 bridgehead atoms. The molecule has 0 aromatic heterocycles. The molecular formula is C28H42N4O. The van der Waals surface area contributed by atoms with Gasteiger partial charge in [0, 0.05) is 31.9 Å². The molecular weight excluding hydrogens is 408 g/mol. The van der Waals surface area contributed by atoms with Crippen LogP contribution in [0.25, 0.3) is 0 Å². The lowest BCUT2D eigenvalue weighted by molar-refractivity contribution is -0.130. The molecule has 1 aromatic carbocycles. The van der Waals surface area contributed by atoms with Gasteiger partial charge in [-0.15, -0.1) is 0 Å². The van der Waals surface area contributed by atoms with Crippen LogP contribution >= 0.6 is 0 Å². The van der Waals surface area contributed by atoms with Gasteiger partial charge in [0.25, 0.3) is 0 Å². The number of anilines is 1. The minimum atomic E-state index is -0.363. The Balaban J connectivity index is 1.79. The van der Waals surface area contributed by atoms with E-state index in [1.165, 1.54) is 6.42 Å². The summed E-state index contributed by atoms with van der Waals surface area (Å²) in [6.45, 7) is 12.9. The molecule has 1 saturated carbocycles. The van der Waals surface area contributed by atoms with Crippen LogP contribution in [0.15, 0.2) is 47.6 Å². The van der Waals surface area contributed by atoms with Crippen molar-refractivity contribution >= 4 is 17.4 Å². The predicted molar refractivity (Wildman–Crippen MR) is 138 cm³/mol. The number of hydrogen-bond donors (Lipinski definition) is 0. The van der Waals surface area contributed by atoms with Gasteiger partial charge < -0.3 is 4.90 Å². The van der Waals surface area contributed by atoms with Crippen LogP contribution in [0.1, 0.15) is 65.2 Å². The number of benzene rings is 1. The molecule has 1 aromatic rings. The first-order chi connectivity index (χ1) is 16.0. The van der Waals surface area contributed by atoms with Gasteiger partial charge in [-0.3, -0.25) is 14.6 Å². The molecule has 3 fully saturated rings. The van der Waals surface area contributed by atoms with Crippen molar-refractivity contribution in [2.45, 2.75) is 71.3 Å². The zero-order valence-electron chi connectivity index (χ0n) is 20.9. The van der Waals surface area contributed by atoms with Crippen LogP contribution in [-0.4, -0.2) is 60.8 Å². The summed E-state index contributed by atoms with van der Waals surface area (Å²) >= 11 is 0. The number of nitrogens with zero attached hydrogens (tertiary/aromatic N) is 4. The fourth-order valence-corrected chi connectivity index (χ4v) is 6.13. The number of piperazine rings is 1. The van der Waals surface area contributed by atoms with E-state index in [1.807, 2.05) is 23.1 Å². The summed E-state index contributed by atoms with van der Waals surface area (Å²) in [6, 6.07) is 10.2. The van der Waals surface area contributed by atoms with E-state index in [9.17, 15) is 4.79 Å². The maximum Gasteiger partial charge on any atom is 0.240 e. The Morgan fingerprint density at radius 1 is 1.06 bits per heavy atom. The lowest BCUT2D eigenvalue weighted by Gasteiger charge is -2.44. The summed E-state index contributed by atoms with van der Waals surface area (Å²) in [4.78, 5) is 26.4. The van der Waals surface area contributed by atoms with E-state index < -0.39 is 0 Å². The zero-order chi connectivity index (χ0) is 23.4. The number of amidine groups is 1. The molecule has 3 aliphatic rings. The number of allylic oxidation sites excluding steroid dienone is 1. The van der Waals surface area contributed by atoms with Crippen LogP contribution in [0.5, 0.6) is 0 Å². The van der Waals surface area contributed by atoms with Gasteiger partial charge in [0.05, 0.1) is 17.1 Å². The average Bonchev–Trinajstić information content (AvgIpc) is 3.06. The van der Waals surface area contributed by atoms with Crippen LogP contribution in [0.4, 0.5) is 5.69 Å². The second-order valence-corrected chi connectivity index (χ2v) is 10.4. The third-order valence-electron chi connectivity index (χ3n) is 8.24. The van der Waals surface area contributed by atoms with Gasteiger partial charge in [-0.1, -0.05) is 70.7 Å². The molecule has 1 amide bonds. The number of para-hydroxylation sites is 1. The van der Waals surface area contributed by atoms with Gasteiger partial charge in [0.15, 0.2) is 0 Å². The molecule has 180 valence electrons. The van der Waals surface area contributed by atoms with Crippen LogP contribution in [-0.2, 0) is 4.79 Å². The topological polar surface area (TPSA) is 39.1 Å². The summed E-state index contributed by atoms with van der Waals surface area (Å²) < 4.78 is 0. The van der Waals surface area contributed by atoms with Crippen molar-refractivity contribution in [3.05, 3.63) is 42.6 Å². The zero-order valence-corrected chi connectivity index (χ0v) is 20.9. The highest BCUT2D eigenvalue weighted by Crippen LogP contribution is 2.49. The fourth-order valence-electron chi connectivity index (χ4n) is 6.13. The molecule has 1 atom stereocenters. The molecule has 33 heavy (non-hydrogen) atoms. The maximum atomic E-state index is 14.3. The van der Waals surface area contributed by atoms with Crippen molar-refractivity contribution in [1.29, 1.82) is 0 Å². The minimum absolute atomic E-state index is 0.0395. The van der Waals surface area contributed by atoms with Crippen molar-refractivity contribution in [2.24, 2.45) is 16.3 Å². The third kappa shape index (κ3) is 4.81. The van der Waals surface area contributed by atoms with E-state index in [0.29, 0.717) is 5.92 Å². The molecule has 1 unspecified atom stereocenters. The van der Waals surface area contributed by atoms with Crippen molar-refractivity contribution < 1.29 is 4.79 Å². The third-order valence-corrected chi connectivity index (χ3v) is 8.24. The van der Waals surface area contributed by atoms with E-state index in [4.69, 9.17) is 4.99 Å². The highest BCUT2D eigenvalue weighted by atomic mass is 16.2. The van der Waals surface area contributed by atoms with Gasteiger partial charge in [0.2, 0.25) is 5.91 Å². The number of amides is 1. The Morgan fingerprint density at radius 3 is 2.30 bits per heavy atom. The lowest BCUT2D eigenvalue weighted by atomic mass is 9.69. The molecule has 0 N–H and O–H groups in total. The predicted octanol–water partition coefficient (Wildman–Crippen LogP) is 5.34. The van der Waals surface area contributed by atoms with Crippen molar-refractivity contribution in [1.82, 2.24) is 9.80 Å². The summed E-state index contributed by atoms with van der Waals surface area (Å²) in [7, 11) is 2.19. The first kappa shape index (κ1) is 24.2. The van der Waals surface area contributed by atoms with Gasteiger partial charge in [-0.25, -0.2) is 4.99 Å².